The Morgan fingerprint density at radius 2 is 1.75 bits per heavy atom. The summed E-state index contributed by atoms with van der Waals surface area (Å²) < 4.78 is 33.9. The number of sulfonamides is 1. The van der Waals surface area contributed by atoms with E-state index < -0.39 is 26.7 Å². The fourth-order valence-corrected chi connectivity index (χ4v) is 5.44. The van der Waals surface area contributed by atoms with Crippen molar-refractivity contribution in [3.8, 4) is 11.5 Å². The summed E-state index contributed by atoms with van der Waals surface area (Å²) in [6.45, 7) is 3.33. The molecule has 3 rings (SSSR count). The molecule has 3 aromatic rings. The number of aromatic nitrogens is 2. The predicted molar refractivity (Wildman–Crippen MR) is 123 cm³/mol. The highest BCUT2D eigenvalue weighted by Crippen LogP contribution is 2.34. The number of ether oxygens (including phenoxy) is 1. The van der Waals surface area contributed by atoms with E-state index in [2.05, 4.69) is 30.6 Å². The number of imidazole rings is 1. The lowest BCUT2D eigenvalue weighted by Crippen LogP contribution is -2.55. The molecule has 170 valence electrons. The molecule has 0 saturated carbocycles. The number of aromatic amines is 1. The van der Waals surface area contributed by atoms with Crippen LogP contribution < -0.4 is 14.9 Å². The van der Waals surface area contributed by atoms with Crippen molar-refractivity contribution in [2.24, 2.45) is 0 Å². The average Bonchev–Trinajstić information content (AvgIpc) is 3.26. The van der Waals surface area contributed by atoms with Gasteiger partial charge in [-0.1, -0.05) is 27.7 Å². The number of thioether (sulfide) groups is 1. The first-order chi connectivity index (χ1) is 15.1. The van der Waals surface area contributed by atoms with E-state index in [1.54, 1.807) is 38.4 Å². The third kappa shape index (κ3) is 6.11. The number of hydrogen-bond acceptors (Lipinski definition) is 7. The number of carbonyl (C=O) groups is 1. The molecule has 0 aliphatic carbocycles. The molecule has 1 unspecified atom stereocenters. The van der Waals surface area contributed by atoms with Gasteiger partial charge in [0.05, 0.1) is 4.90 Å². The predicted octanol–water partition coefficient (Wildman–Crippen LogP) is 3.69. The molecule has 1 amide bonds. The summed E-state index contributed by atoms with van der Waals surface area (Å²) >= 11 is 4.50. The van der Waals surface area contributed by atoms with Gasteiger partial charge >= 0.3 is 0 Å². The summed E-state index contributed by atoms with van der Waals surface area (Å²) in [4.78, 5) is 19.2. The lowest BCUT2D eigenvalue weighted by atomic mass is 10.0. The molecule has 0 aliphatic heterocycles. The van der Waals surface area contributed by atoms with Gasteiger partial charge in [0.15, 0.2) is 5.16 Å². The Hall–Kier alpha value is -2.38. The second-order valence-electron chi connectivity index (χ2n) is 7.16. The van der Waals surface area contributed by atoms with Gasteiger partial charge in [-0.15, -0.1) is 0 Å². The molecule has 0 fully saturated rings. The Labute approximate surface area is 198 Å². The van der Waals surface area contributed by atoms with E-state index in [1.807, 2.05) is 12.1 Å². The van der Waals surface area contributed by atoms with Gasteiger partial charge in [0.25, 0.3) is 5.91 Å². The van der Waals surface area contributed by atoms with Crippen molar-refractivity contribution in [1.82, 2.24) is 20.2 Å². The third-order valence-corrected chi connectivity index (χ3v) is 7.50. The van der Waals surface area contributed by atoms with E-state index in [9.17, 15) is 13.2 Å². The van der Waals surface area contributed by atoms with E-state index in [-0.39, 0.29) is 4.90 Å². The number of carbonyl (C=O) groups excluding carboxylic acids is 1. The van der Waals surface area contributed by atoms with Gasteiger partial charge in [-0.25, -0.2) is 18.9 Å². The topological polar surface area (TPSA) is 133 Å². The maximum absolute atomic E-state index is 13.0. The lowest BCUT2D eigenvalue weighted by Gasteiger charge is -2.31. The smallest absolute Gasteiger partial charge is 0.262 e. The van der Waals surface area contributed by atoms with E-state index in [0.29, 0.717) is 16.7 Å². The molecule has 12 heteroatoms. The van der Waals surface area contributed by atoms with E-state index in [1.165, 1.54) is 29.7 Å². The summed E-state index contributed by atoms with van der Waals surface area (Å²) in [7, 11) is -4.10. The molecule has 1 aromatic heterocycles. The maximum atomic E-state index is 13.0. The number of benzene rings is 2. The van der Waals surface area contributed by atoms with E-state index >= 15 is 0 Å². The summed E-state index contributed by atoms with van der Waals surface area (Å²) in [5.74, 6) is 0.149. The highest BCUT2D eigenvalue weighted by molar-refractivity contribution is 9.10. The second-order valence-corrected chi connectivity index (χ2v) is 11.4. The largest absolute Gasteiger partial charge is 0.457 e. The number of rotatable bonds is 9. The molecule has 0 aliphatic rings. The van der Waals surface area contributed by atoms with E-state index in [4.69, 9.17) is 9.94 Å². The summed E-state index contributed by atoms with van der Waals surface area (Å²) in [5, 5.41) is 9.67. The molecule has 9 nitrogen and oxygen atoms in total. The number of nitrogens with zero attached hydrogens (tertiary/aromatic N) is 1. The normalized spacial score (nSPS) is 12.9. The van der Waals surface area contributed by atoms with Gasteiger partial charge in [0.2, 0.25) is 10.0 Å². The van der Waals surface area contributed by atoms with Crippen LogP contribution in [-0.2, 0) is 14.8 Å². The molecule has 4 N–H and O–H groups in total. The molecule has 0 saturated heterocycles. The fourth-order valence-electron chi connectivity index (χ4n) is 2.74. The van der Waals surface area contributed by atoms with E-state index in [0.717, 1.165) is 16.2 Å². The highest BCUT2D eigenvalue weighted by Gasteiger charge is 2.40. The van der Waals surface area contributed by atoms with Crippen LogP contribution in [0.2, 0.25) is 0 Å². The average molecular weight is 541 g/mol. The molecule has 32 heavy (non-hydrogen) atoms. The van der Waals surface area contributed by atoms with Gasteiger partial charge in [0.1, 0.15) is 17.5 Å². The minimum absolute atomic E-state index is 0.0600. The van der Waals surface area contributed by atoms with Crippen molar-refractivity contribution in [3.63, 3.8) is 0 Å². The first-order valence-corrected chi connectivity index (χ1v) is 12.4. The van der Waals surface area contributed by atoms with Crippen LogP contribution in [0.3, 0.4) is 0 Å². The second kappa shape index (κ2) is 10.0. The van der Waals surface area contributed by atoms with Crippen LogP contribution in [-0.4, -0.2) is 40.3 Å². The van der Waals surface area contributed by atoms with Crippen LogP contribution in [0.1, 0.15) is 13.8 Å². The molecule has 1 heterocycles. The highest BCUT2D eigenvalue weighted by atomic mass is 79.9. The molecular formula is C20H21BrN4O5S2. The SMILES string of the molecule is CC(C)(Sc1ncc[nH]1)C(NS(=O)(=O)c1ccc(Oc2ccc(Br)cc2)cc1)C(=O)NO. The Bertz CT molecular complexity index is 1150. The number of H-pyrrole nitrogens is 1. The van der Waals surface area contributed by atoms with Crippen molar-refractivity contribution in [2.75, 3.05) is 0 Å². The first kappa shape index (κ1) is 24.3. The van der Waals surface area contributed by atoms with Crippen LogP contribution in [0.5, 0.6) is 11.5 Å². The molecule has 0 bridgehead atoms. The van der Waals surface area contributed by atoms with Gasteiger partial charge in [-0.2, -0.15) is 4.72 Å². The van der Waals surface area contributed by atoms with Crippen LogP contribution in [0.15, 0.2) is 75.4 Å². The maximum Gasteiger partial charge on any atom is 0.262 e. The van der Waals surface area contributed by atoms with Gasteiger partial charge < -0.3 is 9.72 Å². The molecule has 0 radical (unpaired) electrons. The Morgan fingerprint density at radius 3 is 2.28 bits per heavy atom. The number of hydroxylamine groups is 1. The zero-order valence-corrected chi connectivity index (χ0v) is 20.3. The van der Waals surface area contributed by atoms with Gasteiger partial charge in [-0.3, -0.25) is 10.0 Å². The molecule has 1 atom stereocenters. The first-order valence-electron chi connectivity index (χ1n) is 9.29. The number of hydrogen-bond donors (Lipinski definition) is 4. The Balaban J connectivity index is 1.78. The number of nitrogens with one attached hydrogen (secondary N) is 3. The van der Waals surface area contributed by atoms with Crippen molar-refractivity contribution < 1.29 is 23.2 Å². The van der Waals surface area contributed by atoms with Crippen molar-refractivity contribution in [1.29, 1.82) is 0 Å². The zero-order chi connectivity index (χ0) is 23.4. The van der Waals surface area contributed by atoms with Crippen LogP contribution >= 0.6 is 27.7 Å². The lowest BCUT2D eigenvalue weighted by molar-refractivity contribution is -0.131. The Morgan fingerprint density at radius 1 is 1.16 bits per heavy atom. The van der Waals surface area contributed by atoms with Gasteiger partial charge in [0, 0.05) is 21.6 Å². The summed E-state index contributed by atoms with van der Waals surface area (Å²) in [5.41, 5.74) is 1.53. The minimum Gasteiger partial charge on any atom is -0.457 e. The van der Waals surface area contributed by atoms with Crippen molar-refractivity contribution in [3.05, 3.63) is 65.4 Å². The Kier molecular flexibility index (Phi) is 7.62. The van der Waals surface area contributed by atoms with Crippen LogP contribution in [0.25, 0.3) is 0 Å². The van der Waals surface area contributed by atoms with Crippen molar-refractivity contribution >= 4 is 43.6 Å². The molecule has 2 aromatic carbocycles. The number of amides is 1. The van der Waals surface area contributed by atoms with Crippen LogP contribution in [0, 0.1) is 0 Å². The monoisotopic (exact) mass is 540 g/mol. The zero-order valence-electron chi connectivity index (χ0n) is 17.1. The quantitative estimate of drug-likeness (QED) is 0.185. The summed E-state index contributed by atoms with van der Waals surface area (Å²) in [6.07, 6.45) is 3.16. The van der Waals surface area contributed by atoms with Crippen molar-refractivity contribution in [2.45, 2.75) is 34.7 Å². The number of halogens is 1. The minimum atomic E-state index is -4.10. The fraction of sp³-hybridized carbons (Fsp3) is 0.200. The molecular weight excluding hydrogens is 520 g/mol. The standard InChI is InChI=1S/C20H21BrN4O5S2/c1-20(2,31-19-22-11-12-23-19)17(18(26)24-27)25-32(28,29)16-9-7-15(8-10-16)30-14-5-3-13(21)4-6-14/h3-12,17,25,27H,1-2H3,(H,22,23)(H,24,26). The molecule has 0 spiro atoms. The summed E-state index contributed by atoms with van der Waals surface area (Å²) in [6, 6.07) is 11.7. The van der Waals surface area contributed by atoms with Gasteiger partial charge in [-0.05, 0) is 62.4 Å². The third-order valence-electron chi connectivity index (χ3n) is 4.36. The van der Waals surface area contributed by atoms with Crippen LogP contribution in [0.4, 0.5) is 0 Å².